The second-order valence-corrected chi connectivity index (χ2v) is 6.55. The van der Waals surface area contributed by atoms with Crippen LogP contribution in [0, 0.1) is 5.41 Å². The molecule has 0 amide bonds. The van der Waals surface area contributed by atoms with E-state index in [-0.39, 0.29) is 0 Å². The Bertz CT molecular complexity index is 592. The molecule has 2 aromatic rings. The van der Waals surface area contributed by atoms with Crippen molar-refractivity contribution in [3.05, 3.63) is 12.0 Å². The minimum Gasteiger partial charge on any atom is -0.332 e. The number of nitrogens with two attached hydrogens (primary N) is 1. The van der Waals surface area contributed by atoms with E-state index in [9.17, 15) is 0 Å². The van der Waals surface area contributed by atoms with Crippen molar-refractivity contribution in [1.82, 2.24) is 25.1 Å². The number of hydrogen-bond donors (Lipinski definition) is 1. The van der Waals surface area contributed by atoms with Gasteiger partial charge in [-0.05, 0) is 31.1 Å². The molecule has 0 aliphatic heterocycles. The van der Waals surface area contributed by atoms with Crippen molar-refractivity contribution < 1.29 is 4.52 Å². The molecule has 2 N–H and O–H groups in total. The molecule has 7 heteroatoms. The summed E-state index contributed by atoms with van der Waals surface area (Å²) in [5, 5.41) is 12.2. The first-order valence-corrected chi connectivity index (χ1v) is 7.51. The van der Waals surface area contributed by atoms with Gasteiger partial charge in [0.25, 0.3) is 5.89 Å². The van der Waals surface area contributed by atoms with Crippen LogP contribution >= 0.6 is 0 Å². The fourth-order valence-corrected chi connectivity index (χ4v) is 2.80. The van der Waals surface area contributed by atoms with Crippen molar-refractivity contribution >= 4 is 0 Å². The first kappa shape index (κ1) is 14.2. The standard InChI is InChI=1S/C14H22N6O/c1-14(2)5-3-10(4-6-14)12-16-13(21-18-12)11-9-20(8-7-15)19-17-11/h9-10H,3-8,15H2,1-2H3. The summed E-state index contributed by atoms with van der Waals surface area (Å²) in [7, 11) is 0. The molecule has 0 aromatic carbocycles. The van der Waals surface area contributed by atoms with E-state index < -0.39 is 0 Å². The lowest BCUT2D eigenvalue weighted by Gasteiger charge is -2.32. The van der Waals surface area contributed by atoms with Crippen LogP contribution in [0.2, 0.25) is 0 Å². The molecular formula is C14H22N6O. The second-order valence-electron chi connectivity index (χ2n) is 6.55. The van der Waals surface area contributed by atoms with E-state index in [0.717, 1.165) is 18.7 Å². The summed E-state index contributed by atoms with van der Waals surface area (Å²) in [6.45, 7) is 5.79. The van der Waals surface area contributed by atoms with Crippen LogP contribution in [0.25, 0.3) is 11.6 Å². The van der Waals surface area contributed by atoms with Crippen LogP contribution in [0.15, 0.2) is 10.7 Å². The number of nitrogens with zero attached hydrogens (tertiary/aromatic N) is 5. The highest BCUT2D eigenvalue weighted by Gasteiger charge is 2.30. The van der Waals surface area contributed by atoms with Crippen LogP contribution < -0.4 is 5.73 Å². The predicted octanol–water partition coefficient (Wildman–Crippen LogP) is 1.97. The molecule has 2 aromatic heterocycles. The van der Waals surface area contributed by atoms with Crippen molar-refractivity contribution in [3.63, 3.8) is 0 Å². The zero-order valence-electron chi connectivity index (χ0n) is 12.6. The Balaban J connectivity index is 1.71. The van der Waals surface area contributed by atoms with E-state index in [1.54, 1.807) is 10.9 Å². The Labute approximate surface area is 123 Å². The maximum atomic E-state index is 5.49. The van der Waals surface area contributed by atoms with Crippen molar-refractivity contribution in [2.24, 2.45) is 11.1 Å². The normalized spacial score (nSPS) is 19.0. The van der Waals surface area contributed by atoms with Crippen LogP contribution in [-0.4, -0.2) is 31.7 Å². The van der Waals surface area contributed by atoms with Gasteiger partial charge in [0.2, 0.25) is 0 Å². The predicted molar refractivity (Wildman–Crippen MR) is 77.4 cm³/mol. The van der Waals surface area contributed by atoms with Crippen LogP contribution in [-0.2, 0) is 6.54 Å². The highest BCUT2D eigenvalue weighted by molar-refractivity contribution is 5.43. The van der Waals surface area contributed by atoms with Gasteiger partial charge in [-0.25, -0.2) is 0 Å². The summed E-state index contributed by atoms with van der Waals surface area (Å²) < 4.78 is 7.02. The van der Waals surface area contributed by atoms with Gasteiger partial charge < -0.3 is 10.3 Å². The highest BCUT2D eigenvalue weighted by Crippen LogP contribution is 2.41. The van der Waals surface area contributed by atoms with Crippen LogP contribution in [0.1, 0.15) is 51.3 Å². The molecule has 1 saturated carbocycles. The Morgan fingerprint density at radius 3 is 2.86 bits per heavy atom. The molecule has 1 aliphatic carbocycles. The third-order valence-corrected chi connectivity index (χ3v) is 4.26. The third kappa shape index (κ3) is 3.12. The lowest BCUT2D eigenvalue weighted by Crippen LogP contribution is -2.20. The topological polar surface area (TPSA) is 95.7 Å². The molecule has 0 spiro atoms. The molecule has 1 fully saturated rings. The first-order chi connectivity index (χ1) is 10.1. The largest absolute Gasteiger partial charge is 0.332 e. The smallest absolute Gasteiger partial charge is 0.280 e. The van der Waals surface area contributed by atoms with E-state index in [1.807, 2.05) is 0 Å². The first-order valence-electron chi connectivity index (χ1n) is 7.51. The van der Waals surface area contributed by atoms with Crippen LogP contribution in [0.4, 0.5) is 0 Å². The van der Waals surface area contributed by atoms with E-state index in [4.69, 9.17) is 10.3 Å². The summed E-state index contributed by atoms with van der Waals surface area (Å²) >= 11 is 0. The van der Waals surface area contributed by atoms with Crippen molar-refractivity contribution in [2.75, 3.05) is 6.54 Å². The Morgan fingerprint density at radius 1 is 1.38 bits per heavy atom. The van der Waals surface area contributed by atoms with Gasteiger partial charge in [-0.1, -0.05) is 24.2 Å². The number of aromatic nitrogens is 5. The van der Waals surface area contributed by atoms with Gasteiger partial charge in [-0.3, -0.25) is 4.68 Å². The molecule has 114 valence electrons. The minimum atomic E-state index is 0.398. The average Bonchev–Trinajstić information content (AvgIpc) is 3.08. The SMILES string of the molecule is CC1(C)CCC(c2noc(-c3cn(CCN)nn3)n2)CC1. The molecule has 0 atom stereocenters. The zero-order valence-corrected chi connectivity index (χ0v) is 12.6. The van der Waals surface area contributed by atoms with Crippen LogP contribution in [0.5, 0.6) is 0 Å². The molecule has 0 bridgehead atoms. The summed E-state index contributed by atoms with van der Waals surface area (Å²) in [5.74, 6) is 1.64. The van der Waals surface area contributed by atoms with Gasteiger partial charge in [0.15, 0.2) is 11.5 Å². The molecular weight excluding hydrogens is 268 g/mol. The van der Waals surface area contributed by atoms with Crippen molar-refractivity contribution in [2.45, 2.75) is 52.0 Å². The van der Waals surface area contributed by atoms with Crippen molar-refractivity contribution in [3.8, 4) is 11.6 Å². The lowest BCUT2D eigenvalue weighted by molar-refractivity contribution is 0.218. The van der Waals surface area contributed by atoms with E-state index >= 15 is 0 Å². The molecule has 0 saturated heterocycles. The van der Waals surface area contributed by atoms with Crippen molar-refractivity contribution in [1.29, 1.82) is 0 Å². The summed E-state index contributed by atoms with van der Waals surface area (Å²) in [6, 6.07) is 0. The molecule has 3 rings (SSSR count). The quantitative estimate of drug-likeness (QED) is 0.924. The van der Waals surface area contributed by atoms with Gasteiger partial charge >= 0.3 is 0 Å². The Kier molecular flexibility index (Phi) is 3.75. The number of hydrogen-bond acceptors (Lipinski definition) is 6. The molecule has 0 unspecified atom stereocenters. The lowest BCUT2D eigenvalue weighted by atomic mass is 9.73. The Hall–Kier alpha value is -1.76. The second kappa shape index (κ2) is 5.55. The fraction of sp³-hybridized carbons (Fsp3) is 0.714. The van der Waals surface area contributed by atoms with E-state index in [0.29, 0.717) is 36.0 Å². The Morgan fingerprint density at radius 2 is 2.14 bits per heavy atom. The summed E-state index contributed by atoms with van der Waals surface area (Å²) in [5.41, 5.74) is 6.54. The zero-order chi connectivity index (χ0) is 14.9. The number of rotatable bonds is 4. The molecule has 0 radical (unpaired) electrons. The van der Waals surface area contributed by atoms with Gasteiger partial charge in [-0.15, -0.1) is 5.10 Å². The van der Waals surface area contributed by atoms with Gasteiger partial charge in [0.05, 0.1) is 12.7 Å². The summed E-state index contributed by atoms with van der Waals surface area (Å²) in [6.07, 6.45) is 6.42. The van der Waals surface area contributed by atoms with Gasteiger partial charge in [-0.2, -0.15) is 4.98 Å². The molecule has 2 heterocycles. The van der Waals surface area contributed by atoms with E-state index in [1.165, 1.54) is 12.8 Å². The summed E-state index contributed by atoms with van der Waals surface area (Å²) in [4.78, 5) is 4.50. The van der Waals surface area contributed by atoms with E-state index in [2.05, 4.69) is 34.3 Å². The minimum absolute atomic E-state index is 0.398. The van der Waals surface area contributed by atoms with Crippen LogP contribution in [0.3, 0.4) is 0 Å². The average molecular weight is 290 g/mol. The van der Waals surface area contributed by atoms with Gasteiger partial charge in [0, 0.05) is 12.5 Å². The molecule has 1 aliphatic rings. The monoisotopic (exact) mass is 290 g/mol. The highest BCUT2D eigenvalue weighted by atomic mass is 16.5. The molecule has 21 heavy (non-hydrogen) atoms. The molecule has 7 nitrogen and oxygen atoms in total. The van der Waals surface area contributed by atoms with Gasteiger partial charge in [0.1, 0.15) is 0 Å². The maximum Gasteiger partial charge on any atom is 0.280 e. The maximum absolute atomic E-state index is 5.49. The fourth-order valence-electron chi connectivity index (χ4n) is 2.80. The third-order valence-electron chi connectivity index (χ3n) is 4.26.